The van der Waals surface area contributed by atoms with E-state index in [1.165, 1.54) is 7.11 Å². The summed E-state index contributed by atoms with van der Waals surface area (Å²) in [4.78, 5) is 42.9. The van der Waals surface area contributed by atoms with E-state index in [2.05, 4.69) is 32.0 Å². The Hall–Kier alpha value is -4.28. The van der Waals surface area contributed by atoms with Crippen LogP contribution in [0.5, 0.6) is 5.75 Å². The fourth-order valence-electron chi connectivity index (χ4n) is 5.78. The largest absolute Gasteiger partial charge is 0.497 e. The van der Waals surface area contributed by atoms with Gasteiger partial charge in [-0.25, -0.2) is 9.78 Å². The summed E-state index contributed by atoms with van der Waals surface area (Å²) in [6, 6.07) is 12.5. The van der Waals surface area contributed by atoms with E-state index < -0.39 is 0 Å². The monoisotopic (exact) mass is 587 g/mol. The van der Waals surface area contributed by atoms with Gasteiger partial charge in [0.25, 0.3) is 5.91 Å². The first-order valence-electron chi connectivity index (χ1n) is 14.2. The third-order valence-electron chi connectivity index (χ3n) is 8.08. The Morgan fingerprint density at radius 1 is 1.07 bits per heavy atom. The molecule has 0 unspecified atom stereocenters. The summed E-state index contributed by atoms with van der Waals surface area (Å²) in [7, 11) is 1.54. The minimum Gasteiger partial charge on any atom is -0.497 e. The number of rotatable bonds is 7. The van der Waals surface area contributed by atoms with Crippen LogP contribution in [0, 0.1) is 0 Å². The van der Waals surface area contributed by atoms with Crippen molar-refractivity contribution in [3.05, 3.63) is 71.0 Å². The number of carbonyl (C=O) groups excluding carboxylic acids is 2. The summed E-state index contributed by atoms with van der Waals surface area (Å²) in [6.45, 7) is 9.77. The third-order valence-corrected chi connectivity index (χ3v) is 8.38. The van der Waals surface area contributed by atoms with Crippen molar-refractivity contribution in [3.63, 3.8) is 0 Å². The zero-order valence-corrected chi connectivity index (χ0v) is 24.7. The van der Waals surface area contributed by atoms with Gasteiger partial charge in [-0.2, -0.15) is 0 Å². The zero-order valence-electron chi connectivity index (χ0n) is 24.0. The second-order valence-electron chi connectivity index (χ2n) is 10.4. The van der Waals surface area contributed by atoms with Crippen molar-refractivity contribution in [2.24, 2.45) is 0 Å². The van der Waals surface area contributed by atoms with Gasteiger partial charge in [0.15, 0.2) is 0 Å². The van der Waals surface area contributed by atoms with Gasteiger partial charge < -0.3 is 24.8 Å². The molecule has 1 saturated heterocycles. The Labute approximate surface area is 249 Å². The lowest BCUT2D eigenvalue weighted by Crippen LogP contribution is -2.47. The number of urea groups is 1. The molecule has 2 aliphatic rings. The average molecular weight is 588 g/mol. The van der Waals surface area contributed by atoms with Gasteiger partial charge in [-0.05, 0) is 49.9 Å². The molecule has 0 radical (unpaired) electrons. The molecule has 4 heterocycles. The first-order valence-corrected chi connectivity index (χ1v) is 14.6. The SMILES string of the molecule is CCN1CCN(c2ccc(NC(=O)c3cc(OC)cc(N4Cc5cnc6[nH]ccc6c5N(CC)C4=O)c3)cc2Cl)CC1. The summed E-state index contributed by atoms with van der Waals surface area (Å²) in [5.74, 6) is 0.140. The Kier molecular flexibility index (Phi) is 7.66. The number of anilines is 4. The highest BCUT2D eigenvalue weighted by Crippen LogP contribution is 2.37. The number of halogens is 1. The molecule has 0 spiro atoms. The fraction of sp³-hybridized carbons (Fsp3) is 0.323. The number of aromatic nitrogens is 2. The van der Waals surface area contributed by atoms with Crippen molar-refractivity contribution in [2.45, 2.75) is 20.4 Å². The summed E-state index contributed by atoms with van der Waals surface area (Å²) in [5, 5.41) is 4.45. The van der Waals surface area contributed by atoms with Gasteiger partial charge in [0.1, 0.15) is 11.4 Å². The summed E-state index contributed by atoms with van der Waals surface area (Å²) >= 11 is 6.67. The molecule has 6 rings (SSSR count). The molecule has 0 atom stereocenters. The maximum atomic E-state index is 13.8. The number of hydrogen-bond acceptors (Lipinski definition) is 6. The van der Waals surface area contributed by atoms with Crippen LogP contribution in [-0.4, -0.2) is 73.2 Å². The molecule has 2 aromatic heterocycles. The molecule has 0 bridgehead atoms. The van der Waals surface area contributed by atoms with Crippen LogP contribution in [0.1, 0.15) is 29.8 Å². The zero-order chi connectivity index (χ0) is 29.4. The number of nitrogens with one attached hydrogen (secondary N) is 2. The number of H-pyrrole nitrogens is 1. The van der Waals surface area contributed by atoms with Crippen molar-refractivity contribution in [1.82, 2.24) is 14.9 Å². The van der Waals surface area contributed by atoms with Crippen LogP contribution in [-0.2, 0) is 6.54 Å². The van der Waals surface area contributed by atoms with Gasteiger partial charge in [0.2, 0.25) is 0 Å². The number of nitrogens with zero attached hydrogens (tertiary/aromatic N) is 5. The van der Waals surface area contributed by atoms with Crippen molar-refractivity contribution in [1.29, 1.82) is 0 Å². The van der Waals surface area contributed by atoms with Crippen LogP contribution in [0.2, 0.25) is 5.02 Å². The molecule has 10 nitrogen and oxygen atoms in total. The van der Waals surface area contributed by atoms with Gasteiger partial charge >= 0.3 is 6.03 Å². The Morgan fingerprint density at radius 2 is 1.88 bits per heavy atom. The number of likely N-dealkylation sites (N-methyl/N-ethyl adjacent to an activating group) is 1. The lowest BCUT2D eigenvalue weighted by molar-refractivity contribution is 0.102. The fourth-order valence-corrected chi connectivity index (χ4v) is 6.08. The number of amides is 3. The minimum atomic E-state index is -0.330. The van der Waals surface area contributed by atoms with Crippen molar-refractivity contribution < 1.29 is 14.3 Å². The average Bonchev–Trinajstić information content (AvgIpc) is 3.50. The Morgan fingerprint density at radius 3 is 2.60 bits per heavy atom. The van der Waals surface area contributed by atoms with E-state index in [0.29, 0.717) is 40.8 Å². The number of methoxy groups -OCH3 is 1. The van der Waals surface area contributed by atoms with E-state index >= 15 is 0 Å². The number of benzene rings is 2. The van der Waals surface area contributed by atoms with Crippen molar-refractivity contribution in [2.75, 3.05) is 66.4 Å². The molecule has 0 aliphatic carbocycles. The number of pyridine rings is 1. The number of aromatic amines is 1. The molecule has 218 valence electrons. The van der Waals surface area contributed by atoms with Crippen LogP contribution < -0.4 is 24.8 Å². The first kappa shape index (κ1) is 27.9. The normalized spacial score (nSPS) is 15.7. The van der Waals surface area contributed by atoms with Gasteiger partial charge in [-0.3, -0.25) is 14.6 Å². The Balaban J connectivity index is 1.25. The number of fused-ring (bicyclic) bond motifs is 3. The summed E-state index contributed by atoms with van der Waals surface area (Å²) < 4.78 is 5.53. The first-order chi connectivity index (χ1) is 20.4. The van der Waals surface area contributed by atoms with Crippen LogP contribution >= 0.6 is 11.6 Å². The predicted molar refractivity (Wildman–Crippen MR) is 167 cm³/mol. The lowest BCUT2D eigenvalue weighted by Gasteiger charge is -2.37. The number of carbonyl (C=O) groups is 2. The van der Waals surface area contributed by atoms with E-state index in [1.807, 2.05) is 31.3 Å². The van der Waals surface area contributed by atoms with E-state index in [-0.39, 0.29) is 11.9 Å². The van der Waals surface area contributed by atoms with Crippen LogP contribution in [0.4, 0.5) is 27.5 Å². The number of hydrogen-bond donors (Lipinski definition) is 2. The van der Waals surface area contributed by atoms with E-state index in [1.54, 1.807) is 40.3 Å². The van der Waals surface area contributed by atoms with E-state index in [0.717, 1.165) is 60.7 Å². The second-order valence-corrected chi connectivity index (χ2v) is 10.9. The molecule has 0 saturated carbocycles. The van der Waals surface area contributed by atoms with Crippen LogP contribution in [0.15, 0.2) is 54.9 Å². The maximum absolute atomic E-state index is 13.8. The highest BCUT2D eigenvalue weighted by Gasteiger charge is 2.33. The summed E-state index contributed by atoms with van der Waals surface area (Å²) in [6.07, 6.45) is 3.62. The molecule has 11 heteroatoms. The lowest BCUT2D eigenvalue weighted by atomic mass is 10.1. The van der Waals surface area contributed by atoms with Crippen molar-refractivity contribution >= 4 is 57.3 Å². The second kappa shape index (κ2) is 11.5. The van der Waals surface area contributed by atoms with Gasteiger partial charge in [0.05, 0.1) is 35.7 Å². The van der Waals surface area contributed by atoms with Gasteiger partial charge in [-0.1, -0.05) is 18.5 Å². The molecular formula is C31H34ClN7O3. The molecule has 3 amide bonds. The van der Waals surface area contributed by atoms with E-state index in [9.17, 15) is 9.59 Å². The molecule has 1 fully saturated rings. The minimum absolute atomic E-state index is 0.180. The smallest absolute Gasteiger partial charge is 0.329 e. The summed E-state index contributed by atoms with van der Waals surface area (Å²) in [5.41, 5.74) is 4.99. The van der Waals surface area contributed by atoms with Gasteiger partial charge in [0, 0.05) is 73.4 Å². The number of ether oxygens (including phenoxy) is 1. The standard InChI is InChI=1S/C31H34ClN7O3/c1-4-36-10-12-37(13-11-36)27-7-6-22(16-26(27)32)35-30(40)20-14-23(17-24(15-20)42-3)39-19-21-18-34-29-25(8-9-33-29)28(21)38(5-2)31(39)41/h6-9,14-18H,4-5,10-13,19H2,1-3H3,(H,33,34)(H,35,40). The number of piperazine rings is 1. The maximum Gasteiger partial charge on any atom is 0.329 e. The van der Waals surface area contributed by atoms with Gasteiger partial charge in [-0.15, -0.1) is 0 Å². The highest BCUT2D eigenvalue weighted by molar-refractivity contribution is 6.33. The van der Waals surface area contributed by atoms with Crippen molar-refractivity contribution in [3.8, 4) is 5.75 Å². The van der Waals surface area contributed by atoms with Crippen LogP contribution in [0.25, 0.3) is 11.0 Å². The predicted octanol–water partition coefficient (Wildman–Crippen LogP) is 5.59. The molecule has 2 N–H and O–H groups in total. The molecule has 2 aliphatic heterocycles. The molecule has 4 aromatic rings. The molecule has 42 heavy (non-hydrogen) atoms. The topological polar surface area (TPSA) is 97.0 Å². The third kappa shape index (κ3) is 5.12. The highest BCUT2D eigenvalue weighted by atomic mass is 35.5. The molecular weight excluding hydrogens is 554 g/mol. The van der Waals surface area contributed by atoms with E-state index in [4.69, 9.17) is 16.3 Å². The molecule has 2 aromatic carbocycles. The quantitative estimate of drug-likeness (QED) is 0.293. The Bertz CT molecular complexity index is 1650. The van der Waals surface area contributed by atoms with Crippen LogP contribution in [0.3, 0.4) is 0 Å².